The lowest BCUT2D eigenvalue weighted by molar-refractivity contribution is 0.0997. The molecule has 1 aliphatic rings. The van der Waals surface area contributed by atoms with Crippen molar-refractivity contribution in [1.29, 1.82) is 0 Å². The number of hydrogen-bond donors (Lipinski definition) is 2. The lowest BCUT2D eigenvalue weighted by atomic mass is 10.1. The molecule has 0 unspecified atom stereocenters. The molecule has 1 saturated heterocycles. The fourth-order valence-corrected chi connectivity index (χ4v) is 3.11. The van der Waals surface area contributed by atoms with Gasteiger partial charge in [0, 0.05) is 23.9 Å². The molecule has 2 amide bonds. The predicted molar refractivity (Wildman–Crippen MR) is 84.4 cm³/mol. The monoisotopic (exact) mass is 333 g/mol. The summed E-state index contributed by atoms with van der Waals surface area (Å²) in [5.41, 5.74) is 6.71. The Morgan fingerprint density at radius 3 is 3.00 bits per heavy atom. The summed E-state index contributed by atoms with van der Waals surface area (Å²) in [5, 5.41) is 12.4. The summed E-state index contributed by atoms with van der Waals surface area (Å²) in [6.07, 6.45) is 0.354. The summed E-state index contributed by atoms with van der Waals surface area (Å²) >= 11 is 1.48. The van der Waals surface area contributed by atoms with Gasteiger partial charge in [0.05, 0.1) is 22.8 Å². The van der Waals surface area contributed by atoms with Crippen molar-refractivity contribution in [2.45, 2.75) is 6.42 Å². The lowest BCUT2D eigenvalue weighted by Gasteiger charge is -2.10. The van der Waals surface area contributed by atoms with E-state index in [1.807, 2.05) is 5.38 Å². The molecule has 8 heteroatoms. The minimum atomic E-state index is -0.688. The van der Waals surface area contributed by atoms with E-state index in [0.717, 1.165) is 5.01 Å². The first kappa shape index (κ1) is 15.3. The van der Waals surface area contributed by atoms with Crippen LogP contribution in [0.3, 0.4) is 0 Å². The zero-order valence-electron chi connectivity index (χ0n) is 12.2. The van der Waals surface area contributed by atoms with E-state index in [1.54, 1.807) is 11.0 Å². The molecule has 2 aromatic rings. The second-order valence-electron chi connectivity index (χ2n) is 5.07. The molecule has 1 aromatic carbocycles. The van der Waals surface area contributed by atoms with Crippen LogP contribution in [0.1, 0.15) is 15.4 Å². The predicted octanol–water partition coefficient (Wildman–Crippen LogP) is 1.61. The minimum absolute atomic E-state index is 0.0665. The Hall–Kier alpha value is -2.61. The number of cyclic esters (lactones) is 1. The van der Waals surface area contributed by atoms with Crippen molar-refractivity contribution in [3.05, 3.63) is 34.2 Å². The van der Waals surface area contributed by atoms with Crippen molar-refractivity contribution in [3.63, 3.8) is 0 Å². The number of nitrogens with zero attached hydrogens (tertiary/aromatic N) is 2. The minimum Gasteiger partial charge on any atom is -0.507 e. The molecule has 23 heavy (non-hydrogen) atoms. The van der Waals surface area contributed by atoms with Crippen LogP contribution in [0.25, 0.3) is 11.3 Å². The van der Waals surface area contributed by atoms with Crippen molar-refractivity contribution in [2.75, 3.05) is 19.7 Å². The van der Waals surface area contributed by atoms with Crippen molar-refractivity contribution in [2.24, 2.45) is 5.73 Å². The summed E-state index contributed by atoms with van der Waals surface area (Å²) in [6, 6.07) is 4.63. The van der Waals surface area contributed by atoms with Crippen LogP contribution < -0.4 is 5.73 Å². The van der Waals surface area contributed by atoms with E-state index in [1.165, 1.54) is 23.5 Å². The fourth-order valence-electron chi connectivity index (χ4n) is 2.31. The summed E-state index contributed by atoms with van der Waals surface area (Å²) in [7, 11) is 0. The second-order valence-corrected chi connectivity index (χ2v) is 6.02. The number of phenols is 1. The van der Waals surface area contributed by atoms with E-state index in [2.05, 4.69) is 4.98 Å². The molecule has 3 N–H and O–H groups in total. The van der Waals surface area contributed by atoms with Crippen molar-refractivity contribution >= 4 is 23.3 Å². The van der Waals surface area contributed by atoms with Gasteiger partial charge in [0.25, 0.3) is 5.91 Å². The molecular weight excluding hydrogens is 318 g/mol. The third kappa shape index (κ3) is 3.26. The van der Waals surface area contributed by atoms with Crippen LogP contribution in [0.15, 0.2) is 23.6 Å². The van der Waals surface area contributed by atoms with Gasteiger partial charge in [0.15, 0.2) is 0 Å². The summed E-state index contributed by atoms with van der Waals surface area (Å²) < 4.78 is 4.88. The van der Waals surface area contributed by atoms with Gasteiger partial charge in [0.2, 0.25) is 0 Å². The van der Waals surface area contributed by atoms with Gasteiger partial charge in [-0.25, -0.2) is 9.78 Å². The molecular formula is C15H15N3O4S. The molecule has 0 radical (unpaired) electrons. The maximum atomic E-state index is 11.4. The largest absolute Gasteiger partial charge is 0.507 e. The van der Waals surface area contributed by atoms with E-state index in [-0.39, 0.29) is 17.4 Å². The topological polar surface area (TPSA) is 106 Å². The number of primary amides is 1. The average molecular weight is 333 g/mol. The first-order valence-corrected chi connectivity index (χ1v) is 7.92. The molecule has 0 atom stereocenters. The summed E-state index contributed by atoms with van der Waals surface area (Å²) in [4.78, 5) is 28.8. The van der Waals surface area contributed by atoms with Gasteiger partial charge in [-0.05, 0) is 18.2 Å². The standard InChI is InChI=1S/C15H15N3O4S/c16-14(20)10-7-9(1-2-12(10)19)11-8-23-13(17-11)3-4-18-5-6-22-15(18)21/h1-2,7-8,19H,3-6H2,(H2,16,20). The fraction of sp³-hybridized carbons (Fsp3) is 0.267. The van der Waals surface area contributed by atoms with E-state index in [4.69, 9.17) is 10.5 Å². The quantitative estimate of drug-likeness (QED) is 0.864. The lowest BCUT2D eigenvalue weighted by Crippen LogP contribution is -2.26. The second kappa shape index (κ2) is 6.25. The number of aromatic nitrogens is 1. The number of hydrogen-bond acceptors (Lipinski definition) is 6. The third-order valence-electron chi connectivity index (χ3n) is 3.55. The smallest absolute Gasteiger partial charge is 0.409 e. The molecule has 0 saturated carbocycles. The van der Waals surface area contributed by atoms with Gasteiger partial charge >= 0.3 is 6.09 Å². The summed E-state index contributed by atoms with van der Waals surface area (Å²) in [5.74, 6) is -0.836. The van der Waals surface area contributed by atoms with Gasteiger partial charge in [-0.1, -0.05) is 0 Å². The van der Waals surface area contributed by atoms with Crippen LogP contribution >= 0.6 is 11.3 Å². The van der Waals surface area contributed by atoms with Crippen molar-refractivity contribution in [1.82, 2.24) is 9.88 Å². The number of rotatable bonds is 5. The van der Waals surface area contributed by atoms with Crippen molar-refractivity contribution in [3.8, 4) is 17.0 Å². The van der Waals surface area contributed by atoms with Crippen LogP contribution in [0.5, 0.6) is 5.75 Å². The number of carbonyl (C=O) groups is 2. The molecule has 2 heterocycles. The normalized spacial score (nSPS) is 14.1. The zero-order valence-corrected chi connectivity index (χ0v) is 13.0. The Morgan fingerprint density at radius 1 is 1.48 bits per heavy atom. The zero-order chi connectivity index (χ0) is 16.4. The molecule has 1 aromatic heterocycles. The molecule has 120 valence electrons. The first-order valence-electron chi connectivity index (χ1n) is 7.04. The van der Waals surface area contributed by atoms with Gasteiger partial charge in [-0.3, -0.25) is 4.79 Å². The number of thiazole rings is 1. The number of aromatic hydroxyl groups is 1. The number of nitrogens with two attached hydrogens (primary N) is 1. The molecule has 7 nitrogen and oxygen atoms in total. The van der Waals surface area contributed by atoms with Crippen molar-refractivity contribution < 1.29 is 19.4 Å². The molecule has 1 fully saturated rings. The Morgan fingerprint density at radius 2 is 2.30 bits per heavy atom. The highest BCUT2D eigenvalue weighted by Gasteiger charge is 2.21. The molecule has 0 spiro atoms. The third-order valence-corrected chi connectivity index (χ3v) is 4.46. The highest BCUT2D eigenvalue weighted by atomic mass is 32.1. The van der Waals surface area contributed by atoms with Crippen LogP contribution in [0.4, 0.5) is 4.79 Å². The molecule has 3 rings (SSSR count). The maximum absolute atomic E-state index is 11.4. The van der Waals surface area contributed by atoms with Gasteiger partial charge in [0.1, 0.15) is 12.4 Å². The van der Waals surface area contributed by atoms with Crippen LogP contribution in [0, 0.1) is 0 Å². The SMILES string of the molecule is NC(=O)c1cc(-c2csc(CCN3CCOC3=O)n2)ccc1O. The highest BCUT2D eigenvalue weighted by Crippen LogP contribution is 2.27. The summed E-state index contributed by atoms with van der Waals surface area (Å²) in [6.45, 7) is 1.61. The Bertz CT molecular complexity index is 759. The number of amides is 2. The highest BCUT2D eigenvalue weighted by molar-refractivity contribution is 7.09. The molecule has 0 bridgehead atoms. The Kier molecular flexibility index (Phi) is 4.16. The van der Waals surface area contributed by atoms with Gasteiger partial charge in [-0.2, -0.15) is 0 Å². The molecule has 0 aliphatic carbocycles. The first-order chi connectivity index (χ1) is 11.0. The van der Waals surface area contributed by atoms with Gasteiger partial charge in [-0.15, -0.1) is 11.3 Å². The number of ether oxygens (including phenoxy) is 1. The van der Waals surface area contributed by atoms with Crippen LogP contribution in [-0.2, 0) is 11.2 Å². The Balaban J connectivity index is 1.73. The maximum Gasteiger partial charge on any atom is 0.409 e. The molecule has 1 aliphatic heterocycles. The van der Waals surface area contributed by atoms with E-state index in [9.17, 15) is 14.7 Å². The number of benzene rings is 1. The van der Waals surface area contributed by atoms with E-state index < -0.39 is 5.91 Å². The van der Waals surface area contributed by atoms with Gasteiger partial charge < -0.3 is 20.5 Å². The average Bonchev–Trinajstić information content (AvgIpc) is 3.14. The van der Waals surface area contributed by atoms with Crippen LogP contribution in [0.2, 0.25) is 0 Å². The Labute approximate surface area is 136 Å². The van der Waals surface area contributed by atoms with Crippen LogP contribution in [-0.4, -0.2) is 46.7 Å². The van der Waals surface area contributed by atoms with E-state index in [0.29, 0.717) is 37.4 Å². The number of carbonyl (C=O) groups excluding carboxylic acids is 2. The van der Waals surface area contributed by atoms with E-state index >= 15 is 0 Å².